The lowest BCUT2D eigenvalue weighted by Crippen LogP contribution is -2.13. The van der Waals surface area contributed by atoms with Gasteiger partial charge in [-0.2, -0.15) is 5.10 Å². The Morgan fingerprint density at radius 3 is 2.38 bits per heavy atom. The summed E-state index contributed by atoms with van der Waals surface area (Å²) in [5.41, 5.74) is 9.34. The smallest absolute Gasteiger partial charge is 0.181 e. The molecule has 2 aromatic carbocycles. The van der Waals surface area contributed by atoms with Crippen molar-refractivity contribution in [2.75, 3.05) is 13.2 Å². The van der Waals surface area contributed by atoms with E-state index in [4.69, 9.17) is 15.2 Å². The van der Waals surface area contributed by atoms with Crippen molar-refractivity contribution in [2.45, 2.75) is 26.8 Å². The summed E-state index contributed by atoms with van der Waals surface area (Å²) in [6, 6.07) is 13.4. The maximum Gasteiger partial charge on any atom is 0.181 e. The minimum atomic E-state index is -0.356. The standard InChI is InChI=1S/C20H24N4O2/c1-4-25-16-11-10-15(12-17(16)26-5-2)19-22-20(24-23-19)18(21)14-8-6-13(3)7-9-14/h6-12,18H,4-5,21H2,1-3H3,(H,22,23,24). The van der Waals surface area contributed by atoms with E-state index in [1.807, 2.05) is 63.2 Å². The average molecular weight is 352 g/mol. The Morgan fingerprint density at radius 1 is 1.00 bits per heavy atom. The molecule has 6 nitrogen and oxygen atoms in total. The van der Waals surface area contributed by atoms with Crippen LogP contribution in [0, 0.1) is 6.92 Å². The molecule has 0 fully saturated rings. The van der Waals surface area contributed by atoms with Gasteiger partial charge in [-0.15, -0.1) is 0 Å². The molecule has 3 N–H and O–H groups in total. The normalized spacial score (nSPS) is 12.0. The summed E-state index contributed by atoms with van der Waals surface area (Å²) >= 11 is 0. The molecule has 6 heteroatoms. The maximum atomic E-state index is 6.32. The van der Waals surface area contributed by atoms with Crippen molar-refractivity contribution in [1.29, 1.82) is 0 Å². The Hall–Kier alpha value is -2.86. The summed E-state index contributed by atoms with van der Waals surface area (Å²) in [5, 5.41) is 7.27. The van der Waals surface area contributed by atoms with Crippen LogP contribution in [0.2, 0.25) is 0 Å². The minimum Gasteiger partial charge on any atom is -0.490 e. The number of nitrogens with zero attached hydrogens (tertiary/aromatic N) is 2. The first-order chi connectivity index (χ1) is 12.6. The molecule has 1 heterocycles. The first-order valence-electron chi connectivity index (χ1n) is 8.76. The fourth-order valence-corrected chi connectivity index (χ4v) is 2.66. The molecule has 1 atom stereocenters. The highest BCUT2D eigenvalue weighted by Crippen LogP contribution is 2.32. The van der Waals surface area contributed by atoms with Crippen LogP contribution in [0.5, 0.6) is 11.5 Å². The monoisotopic (exact) mass is 352 g/mol. The van der Waals surface area contributed by atoms with E-state index < -0.39 is 0 Å². The van der Waals surface area contributed by atoms with Gasteiger partial charge in [0.25, 0.3) is 0 Å². The summed E-state index contributed by atoms with van der Waals surface area (Å²) in [5.74, 6) is 2.59. The summed E-state index contributed by atoms with van der Waals surface area (Å²) in [6.07, 6.45) is 0. The van der Waals surface area contributed by atoms with Crippen LogP contribution in [0.1, 0.15) is 36.8 Å². The van der Waals surface area contributed by atoms with Gasteiger partial charge in [0.15, 0.2) is 17.3 Å². The van der Waals surface area contributed by atoms with Gasteiger partial charge in [-0.1, -0.05) is 29.8 Å². The number of ether oxygens (including phenoxy) is 2. The van der Waals surface area contributed by atoms with Gasteiger partial charge in [-0.05, 0) is 44.5 Å². The van der Waals surface area contributed by atoms with Gasteiger partial charge < -0.3 is 15.2 Å². The van der Waals surface area contributed by atoms with Crippen molar-refractivity contribution in [2.24, 2.45) is 5.73 Å². The number of hydrogen-bond donors (Lipinski definition) is 2. The van der Waals surface area contributed by atoms with Crippen molar-refractivity contribution in [3.63, 3.8) is 0 Å². The van der Waals surface area contributed by atoms with E-state index in [1.165, 1.54) is 5.56 Å². The number of benzene rings is 2. The van der Waals surface area contributed by atoms with Crippen LogP contribution in [0.15, 0.2) is 42.5 Å². The maximum absolute atomic E-state index is 6.32. The van der Waals surface area contributed by atoms with Gasteiger partial charge in [0, 0.05) is 5.56 Å². The zero-order chi connectivity index (χ0) is 18.5. The first-order valence-corrected chi connectivity index (χ1v) is 8.76. The van der Waals surface area contributed by atoms with Gasteiger partial charge in [-0.25, -0.2) is 4.98 Å². The van der Waals surface area contributed by atoms with Crippen LogP contribution < -0.4 is 15.2 Å². The van der Waals surface area contributed by atoms with Crippen LogP contribution in [-0.4, -0.2) is 28.4 Å². The van der Waals surface area contributed by atoms with Crippen LogP contribution in [-0.2, 0) is 0 Å². The molecule has 0 saturated carbocycles. The van der Waals surface area contributed by atoms with Gasteiger partial charge in [0.1, 0.15) is 5.82 Å². The molecule has 0 aliphatic heterocycles. The highest BCUT2D eigenvalue weighted by molar-refractivity contribution is 5.61. The number of rotatable bonds is 7. The molecule has 0 aliphatic rings. The third kappa shape index (κ3) is 3.86. The topological polar surface area (TPSA) is 86.0 Å². The zero-order valence-corrected chi connectivity index (χ0v) is 15.3. The van der Waals surface area contributed by atoms with Crippen molar-refractivity contribution < 1.29 is 9.47 Å². The van der Waals surface area contributed by atoms with Gasteiger partial charge >= 0.3 is 0 Å². The second-order valence-corrected chi connectivity index (χ2v) is 5.96. The van der Waals surface area contributed by atoms with Crippen molar-refractivity contribution in [3.8, 4) is 22.9 Å². The molecule has 26 heavy (non-hydrogen) atoms. The van der Waals surface area contributed by atoms with E-state index >= 15 is 0 Å². The number of aromatic amines is 1. The third-order valence-electron chi connectivity index (χ3n) is 4.04. The molecule has 1 aromatic heterocycles. The van der Waals surface area contributed by atoms with Crippen LogP contribution in [0.25, 0.3) is 11.4 Å². The Morgan fingerprint density at radius 2 is 1.69 bits per heavy atom. The van der Waals surface area contributed by atoms with E-state index in [2.05, 4.69) is 15.2 Å². The van der Waals surface area contributed by atoms with E-state index in [0.29, 0.717) is 36.4 Å². The largest absolute Gasteiger partial charge is 0.490 e. The molecule has 0 saturated heterocycles. The van der Waals surface area contributed by atoms with Crippen molar-refractivity contribution in [3.05, 3.63) is 59.4 Å². The molecule has 0 amide bonds. The van der Waals surface area contributed by atoms with E-state index in [1.54, 1.807) is 0 Å². The van der Waals surface area contributed by atoms with Gasteiger partial charge in [-0.3, -0.25) is 5.10 Å². The summed E-state index contributed by atoms with van der Waals surface area (Å²) in [4.78, 5) is 4.57. The predicted molar refractivity (Wildman–Crippen MR) is 101 cm³/mol. The van der Waals surface area contributed by atoms with E-state index in [0.717, 1.165) is 11.1 Å². The Kier molecular flexibility index (Phi) is 5.53. The van der Waals surface area contributed by atoms with E-state index in [9.17, 15) is 0 Å². The predicted octanol–water partition coefficient (Wildman–Crippen LogP) is 3.63. The molecular formula is C20H24N4O2. The lowest BCUT2D eigenvalue weighted by atomic mass is 10.1. The quantitative estimate of drug-likeness (QED) is 0.678. The number of nitrogens with one attached hydrogen (secondary N) is 1. The second-order valence-electron chi connectivity index (χ2n) is 5.96. The number of hydrogen-bond acceptors (Lipinski definition) is 5. The molecule has 3 rings (SSSR count). The van der Waals surface area contributed by atoms with Gasteiger partial charge in [0.05, 0.1) is 19.3 Å². The SMILES string of the molecule is CCOc1ccc(-c2n[nH]c(C(N)c3ccc(C)cc3)n2)cc1OCC. The third-order valence-corrected chi connectivity index (χ3v) is 4.04. The Labute approximate surface area is 153 Å². The molecule has 136 valence electrons. The number of H-pyrrole nitrogens is 1. The molecular weight excluding hydrogens is 328 g/mol. The number of aryl methyl sites for hydroxylation is 1. The molecule has 0 spiro atoms. The lowest BCUT2D eigenvalue weighted by Gasteiger charge is -2.11. The average Bonchev–Trinajstić information content (AvgIpc) is 3.14. The van der Waals surface area contributed by atoms with Crippen molar-refractivity contribution in [1.82, 2.24) is 15.2 Å². The van der Waals surface area contributed by atoms with Crippen LogP contribution in [0.4, 0.5) is 0 Å². The molecule has 0 aliphatic carbocycles. The number of nitrogens with two attached hydrogens (primary N) is 1. The Bertz CT molecular complexity index is 859. The summed E-state index contributed by atoms with van der Waals surface area (Å²) in [6.45, 7) is 7.06. The molecule has 0 radical (unpaired) electrons. The fraction of sp³-hybridized carbons (Fsp3) is 0.300. The fourth-order valence-electron chi connectivity index (χ4n) is 2.66. The van der Waals surface area contributed by atoms with Crippen LogP contribution >= 0.6 is 0 Å². The molecule has 3 aromatic rings. The molecule has 0 bridgehead atoms. The highest BCUT2D eigenvalue weighted by Gasteiger charge is 2.16. The minimum absolute atomic E-state index is 0.356. The molecule has 1 unspecified atom stereocenters. The summed E-state index contributed by atoms with van der Waals surface area (Å²) < 4.78 is 11.3. The highest BCUT2D eigenvalue weighted by atomic mass is 16.5. The number of aromatic nitrogens is 3. The van der Waals surface area contributed by atoms with Gasteiger partial charge in [0.2, 0.25) is 0 Å². The van der Waals surface area contributed by atoms with Crippen LogP contribution in [0.3, 0.4) is 0 Å². The van der Waals surface area contributed by atoms with Crippen molar-refractivity contribution >= 4 is 0 Å². The summed E-state index contributed by atoms with van der Waals surface area (Å²) in [7, 11) is 0. The lowest BCUT2D eigenvalue weighted by molar-refractivity contribution is 0.288. The second kappa shape index (κ2) is 8.01. The zero-order valence-electron chi connectivity index (χ0n) is 15.3. The van der Waals surface area contributed by atoms with E-state index in [-0.39, 0.29) is 6.04 Å². The first kappa shape index (κ1) is 17.9. The Balaban J connectivity index is 1.87.